The zero-order valence-electron chi connectivity index (χ0n) is 9.49. The Balaban J connectivity index is 2.37. The van der Waals surface area contributed by atoms with Crippen molar-refractivity contribution in [2.75, 3.05) is 6.54 Å². The summed E-state index contributed by atoms with van der Waals surface area (Å²) in [7, 11) is 0. The molecule has 1 heterocycles. The van der Waals surface area contributed by atoms with Crippen LogP contribution in [0.5, 0.6) is 0 Å². The fourth-order valence-corrected chi connectivity index (χ4v) is 1.38. The fourth-order valence-electron chi connectivity index (χ4n) is 1.38. The zero-order valence-corrected chi connectivity index (χ0v) is 9.49. The Morgan fingerprint density at radius 3 is 2.69 bits per heavy atom. The molecule has 0 bridgehead atoms. The molecule has 1 rings (SSSR count). The highest BCUT2D eigenvalue weighted by atomic mass is 16.2. The lowest BCUT2D eigenvalue weighted by molar-refractivity contribution is -0.125. The number of rotatable bonds is 5. The lowest BCUT2D eigenvalue weighted by Gasteiger charge is -2.04. The number of nitrogens with zero attached hydrogens (tertiary/aromatic N) is 2. The summed E-state index contributed by atoms with van der Waals surface area (Å²) in [6.07, 6.45) is 0.287. The van der Waals surface area contributed by atoms with E-state index < -0.39 is 5.91 Å². The molecule has 0 aliphatic carbocycles. The van der Waals surface area contributed by atoms with Crippen molar-refractivity contribution in [3.63, 3.8) is 0 Å². The van der Waals surface area contributed by atoms with Gasteiger partial charge in [-0.05, 0) is 19.9 Å². The van der Waals surface area contributed by atoms with E-state index in [1.807, 2.05) is 19.9 Å². The van der Waals surface area contributed by atoms with Gasteiger partial charge in [-0.2, -0.15) is 5.10 Å². The van der Waals surface area contributed by atoms with Crippen LogP contribution in [0.15, 0.2) is 6.07 Å². The van der Waals surface area contributed by atoms with Crippen LogP contribution in [0, 0.1) is 13.8 Å². The molecule has 0 aliphatic heterocycles. The normalized spacial score (nSPS) is 10.1. The molecule has 0 fully saturated rings. The van der Waals surface area contributed by atoms with Crippen molar-refractivity contribution in [1.82, 2.24) is 15.1 Å². The Morgan fingerprint density at radius 2 is 2.19 bits per heavy atom. The molecule has 1 aromatic heterocycles. The molecule has 88 valence electrons. The molecule has 6 nitrogen and oxygen atoms in total. The van der Waals surface area contributed by atoms with Gasteiger partial charge in [0.25, 0.3) is 0 Å². The maximum Gasteiger partial charge on any atom is 0.236 e. The maximum atomic E-state index is 11.3. The van der Waals surface area contributed by atoms with Gasteiger partial charge in [-0.1, -0.05) is 0 Å². The summed E-state index contributed by atoms with van der Waals surface area (Å²) in [5, 5.41) is 6.65. The van der Waals surface area contributed by atoms with Gasteiger partial charge in [0.15, 0.2) is 0 Å². The Kier molecular flexibility index (Phi) is 4.04. The molecule has 0 aliphatic rings. The monoisotopic (exact) mass is 224 g/mol. The molecule has 0 saturated carbocycles. The Bertz CT molecular complexity index is 398. The molecule has 3 N–H and O–H groups in total. The minimum absolute atomic E-state index is 0.115. The minimum atomic E-state index is -0.542. The molecule has 0 aromatic carbocycles. The highest BCUT2D eigenvalue weighted by Gasteiger charge is 2.05. The summed E-state index contributed by atoms with van der Waals surface area (Å²) in [5.74, 6) is -0.745. The molecule has 0 atom stereocenters. The van der Waals surface area contributed by atoms with Crippen LogP contribution in [0.4, 0.5) is 0 Å². The van der Waals surface area contributed by atoms with E-state index in [0.717, 1.165) is 11.4 Å². The fraction of sp³-hybridized carbons (Fsp3) is 0.500. The summed E-state index contributed by atoms with van der Waals surface area (Å²) in [4.78, 5) is 21.7. The highest BCUT2D eigenvalue weighted by Crippen LogP contribution is 2.02. The second kappa shape index (κ2) is 5.29. The lowest BCUT2D eigenvalue weighted by atomic mass is 10.3. The molecule has 1 aromatic rings. The predicted octanol–water partition coefficient (Wildman–Crippen LogP) is -0.508. The Hall–Kier alpha value is -1.85. The van der Waals surface area contributed by atoms with Crippen molar-refractivity contribution in [3.8, 4) is 0 Å². The second-order valence-electron chi connectivity index (χ2n) is 3.64. The van der Waals surface area contributed by atoms with Crippen LogP contribution in [0.1, 0.15) is 17.8 Å². The molecule has 0 saturated heterocycles. The van der Waals surface area contributed by atoms with Gasteiger partial charge in [-0.15, -0.1) is 0 Å². The van der Waals surface area contributed by atoms with Crippen LogP contribution in [-0.2, 0) is 16.1 Å². The number of amides is 2. The van der Waals surface area contributed by atoms with E-state index in [4.69, 9.17) is 5.73 Å². The first-order chi connectivity index (χ1) is 7.49. The van der Waals surface area contributed by atoms with Gasteiger partial charge in [0.1, 0.15) is 0 Å². The van der Waals surface area contributed by atoms with Crippen molar-refractivity contribution >= 4 is 11.8 Å². The molecular formula is C10H16N4O2. The van der Waals surface area contributed by atoms with Crippen molar-refractivity contribution < 1.29 is 9.59 Å². The van der Waals surface area contributed by atoms with E-state index in [-0.39, 0.29) is 18.9 Å². The number of nitrogens with two attached hydrogens (primary N) is 1. The molecule has 0 radical (unpaired) electrons. The molecule has 0 spiro atoms. The number of carbonyl (C=O) groups excluding carboxylic acids is 2. The second-order valence-corrected chi connectivity index (χ2v) is 3.64. The summed E-state index contributed by atoms with van der Waals surface area (Å²) in [6.45, 7) is 4.22. The Labute approximate surface area is 93.8 Å². The largest absolute Gasteiger partial charge is 0.368 e. The van der Waals surface area contributed by atoms with Crippen LogP contribution in [0.2, 0.25) is 0 Å². The summed E-state index contributed by atoms with van der Waals surface area (Å²) in [5.41, 5.74) is 6.84. The SMILES string of the molecule is Cc1cc(C)n(CCC(=O)NCC(N)=O)n1. The minimum Gasteiger partial charge on any atom is -0.368 e. The van der Waals surface area contributed by atoms with Gasteiger partial charge in [0.2, 0.25) is 11.8 Å². The quantitative estimate of drug-likeness (QED) is 0.706. The smallest absolute Gasteiger partial charge is 0.236 e. The number of aryl methyl sites for hydroxylation is 3. The van der Waals surface area contributed by atoms with Crippen LogP contribution in [0.3, 0.4) is 0 Å². The summed E-state index contributed by atoms with van der Waals surface area (Å²) < 4.78 is 1.76. The third kappa shape index (κ3) is 3.72. The number of hydrogen-bond donors (Lipinski definition) is 2. The standard InChI is InChI=1S/C10H16N4O2/c1-7-5-8(2)14(13-7)4-3-10(16)12-6-9(11)15/h5H,3-4,6H2,1-2H3,(H2,11,15)(H,12,16). The van der Waals surface area contributed by atoms with Crippen LogP contribution in [-0.4, -0.2) is 28.1 Å². The van der Waals surface area contributed by atoms with Crippen molar-refractivity contribution in [1.29, 1.82) is 0 Å². The van der Waals surface area contributed by atoms with Crippen molar-refractivity contribution in [3.05, 3.63) is 17.5 Å². The molecule has 2 amide bonds. The molecular weight excluding hydrogens is 208 g/mol. The average Bonchev–Trinajstić information content (AvgIpc) is 2.51. The summed E-state index contributed by atoms with van der Waals surface area (Å²) >= 11 is 0. The van der Waals surface area contributed by atoms with Gasteiger partial charge in [-0.3, -0.25) is 14.3 Å². The van der Waals surface area contributed by atoms with Crippen LogP contribution >= 0.6 is 0 Å². The highest BCUT2D eigenvalue weighted by molar-refractivity contribution is 5.83. The van der Waals surface area contributed by atoms with E-state index >= 15 is 0 Å². The van der Waals surface area contributed by atoms with E-state index in [0.29, 0.717) is 6.54 Å². The van der Waals surface area contributed by atoms with Crippen LogP contribution in [0.25, 0.3) is 0 Å². The van der Waals surface area contributed by atoms with E-state index in [1.54, 1.807) is 4.68 Å². The van der Waals surface area contributed by atoms with Gasteiger partial charge >= 0.3 is 0 Å². The maximum absolute atomic E-state index is 11.3. The molecule has 6 heteroatoms. The first-order valence-electron chi connectivity index (χ1n) is 5.05. The molecule has 16 heavy (non-hydrogen) atoms. The van der Waals surface area contributed by atoms with Crippen molar-refractivity contribution in [2.45, 2.75) is 26.8 Å². The van der Waals surface area contributed by atoms with Gasteiger partial charge in [0, 0.05) is 18.7 Å². The molecule has 0 unspecified atom stereocenters. The van der Waals surface area contributed by atoms with Crippen molar-refractivity contribution in [2.24, 2.45) is 5.73 Å². The van der Waals surface area contributed by atoms with Gasteiger partial charge < -0.3 is 11.1 Å². The first-order valence-corrected chi connectivity index (χ1v) is 5.05. The number of aromatic nitrogens is 2. The van der Waals surface area contributed by atoms with Gasteiger partial charge in [0.05, 0.1) is 12.2 Å². The number of carbonyl (C=O) groups is 2. The predicted molar refractivity (Wildman–Crippen MR) is 58.5 cm³/mol. The third-order valence-electron chi connectivity index (χ3n) is 2.11. The van der Waals surface area contributed by atoms with Gasteiger partial charge in [-0.25, -0.2) is 0 Å². The van der Waals surface area contributed by atoms with E-state index in [1.165, 1.54) is 0 Å². The number of primary amides is 1. The first kappa shape index (κ1) is 12.2. The van der Waals surface area contributed by atoms with E-state index in [2.05, 4.69) is 10.4 Å². The van der Waals surface area contributed by atoms with E-state index in [9.17, 15) is 9.59 Å². The Morgan fingerprint density at radius 1 is 1.50 bits per heavy atom. The average molecular weight is 224 g/mol. The van der Waals surface area contributed by atoms with Crippen LogP contribution < -0.4 is 11.1 Å². The number of nitrogens with one attached hydrogen (secondary N) is 1. The zero-order chi connectivity index (χ0) is 12.1. The topological polar surface area (TPSA) is 90.0 Å². The lowest BCUT2D eigenvalue weighted by Crippen LogP contribution is -2.33. The third-order valence-corrected chi connectivity index (χ3v) is 2.11. The summed E-state index contributed by atoms with van der Waals surface area (Å²) in [6, 6.07) is 1.95. The number of hydrogen-bond acceptors (Lipinski definition) is 3.